The molecule has 0 bridgehead atoms. The average molecular weight is 274 g/mol. The standard InChI is InChI=1S/C16H22N2S/c1-11-9-12(2)18-14(4)16(11)13(3)17-7-5-15-6-8-19-10-15/h6,8-10,13,17H,5,7H2,1-4H3. The number of aromatic nitrogens is 1. The first-order valence-electron chi connectivity index (χ1n) is 6.77. The predicted octanol–water partition coefficient (Wildman–Crippen LogP) is 3.96. The van der Waals surface area contributed by atoms with Gasteiger partial charge in [-0.15, -0.1) is 0 Å². The van der Waals surface area contributed by atoms with Gasteiger partial charge in [-0.1, -0.05) is 0 Å². The largest absolute Gasteiger partial charge is 0.310 e. The summed E-state index contributed by atoms with van der Waals surface area (Å²) in [5.41, 5.74) is 6.34. The Kier molecular flexibility index (Phi) is 4.72. The summed E-state index contributed by atoms with van der Waals surface area (Å²) >= 11 is 1.76. The number of nitrogens with zero attached hydrogens (tertiary/aromatic N) is 1. The molecule has 1 unspecified atom stereocenters. The highest BCUT2D eigenvalue weighted by Gasteiger charge is 2.12. The van der Waals surface area contributed by atoms with Crippen LogP contribution in [0.15, 0.2) is 22.9 Å². The lowest BCUT2D eigenvalue weighted by Gasteiger charge is -2.19. The zero-order valence-electron chi connectivity index (χ0n) is 12.2. The van der Waals surface area contributed by atoms with Crippen molar-refractivity contribution < 1.29 is 0 Å². The third kappa shape index (κ3) is 3.64. The maximum absolute atomic E-state index is 4.58. The molecule has 0 aliphatic heterocycles. The van der Waals surface area contributed by atoms with Gasteiger partial charge in [-0.3, -0.25) is 4.98 Å². The fraction of sp³-hybridized carbons (Fsp3) is 0.438. The minimum absolute atomic E-state index is 0.353. The Balaban J connectivity index is 1.98. The Bertz CT molecular complexity index is 509. The second-order valence-electron chi connectivity index (χ2n) is 5.14. The lowest BCUT2D eigenvalue weighted by molar-refractivity contribution is 0.569. The summed E-state index contributed by atoms with van der Waals surface area (Å²) in [6.45, 7) is 9.56. The number of rotatable bonds is 5. The van der Waals surface area contributed by atoms with Crippen molar-refractivity contribution in [3.63, 3.8) is 0 Å². The normalized spacial score (nSPS) is 12.6. The van der Waals surface area contributed by atoms with Crippen LogP contribution in [-0.4, -0.2) is 11.5 Å². The molecule has 2 aromatic heterocycles. The highest BCUT2D eigenvalue weighted by molar-refractivity contribution is 7.07. The fourth-order valence-corrected chi connectivity index (χ4v) is 3.36. The number of nitrogens with one attached hydrogen (secondary N) is 1. The summed E-state index contributed by atoms with van der Waals surface area (Å²) in [7, 11) is 0. The van der Waals surface area contributed by atoms with E-state index in [4.69, 9.17) is 0 Å². The summed E-state index contributed by atoms with van der Waals surface area (Å²) in [4.78, 5) is 4.58. The maximum Gasteiger partial charge on any atom is 0.0426 e. The van der Waals surface area contributed by atoms with Gasteiger partial charge in [0, 0.05) is 17.4 Å². The summed E-state index contributed by atoms with van der Waals surface area (Å²) in [5.74, 6) is 0. The van der Waals surface area contributed by atoms with Crippen LogP contribution in [0, 0.1) is 20.8 Å². The Labute approximate surface area is 119 Å². The summed E-state index contributed by atoms with van der Waals surface area (Å²) in [6.07, 6.45) is 1.09. The number of pyridine rings is 1. The van der Waals surface area contributed by atoms with E-state index in [9.17, 15) is 0 Å². The number of aryl methyl sites for hydroxylation is 3. The zero-order chi connectivity index (χ0) is 13.8. The van der Waals surface area contributed by atoms with E-state index < -0.39 is 0 Å². The first-order valence-corrected chi connectivity index (χ1v) is 7.71. The van der Waals surface area contributed by atoms with Crippen LogP contribution in [0.5, 0.6) is 0 Å². The van der Waals surface area contributed by atoms with E-state index in [0.29, 0.717) is 6.04 Å². The van der Waals surface area contributed by atoms with Crippen molar-refractivity contribution >= 4 is 11.3 Å². The molecule has 0 radical (unpaired) electrons. The van der Waals surface area contributed by atoms with Crippen LogP contribution in [0.2, 0.25) is 0 Å². The molecular formula is C16H22N2S. The summed E-state index contributed by atoms with van der Waals surface area (Å²) in [5, 5.41) is 7.96. The van der Waals surface area contributed by atoms with Crippen LogP contribution in [-0.2, 0) is 6.42 Å². The van der Waals surface area contributed by atoms with Crippen molar-refractivity contribution in [1.82, 2.24) is 10.3 Å². The summed E-state index contributed by atoms with van der Waals surface area (Å²) in [6, 6.07) is 4.71. The molecule has 2 aromatic rings. The third-order valence-electron chi connectivity index (χ3n) is 3.46. The lowest BCUT2D eigenvalue weighted by Crippen LogP contribution is -2.23. The maximum atomic E-state index is 4.58. The first kappa shape index (κ1) is 14.2. The first-order chi connectivity index (χ1) is 9.08. The Morgan fingerprint density at radius 3 is 2.74 bits per heavy atom. The minimum Gasteiger partial charge on any atom is -0.310 e. The van der Waals surface area contributed by atoms with Crippen LogP contribution >= 0.6 is 11.3 Å². The van der Waals surface area contributed by atoms with E-state index in [1.807, 2.05) is 0 Å². The van der Waals surface area contributed by atoms with Crippen molar-refractivity contribution in [2.24, 2.45) is 0 Å². The molecule has 0 aliphatic carbocycles. The molecule has 0 aliphatic rings. The minimum atomic E-state index is 0.353. The Morgan fingerprint density at radius 2 is 2.11 bits per heavy atom. The van der Waals surface area contributed by atoms with Crippen LogP contribution in [0.4, 0.5) is 0 Å². The average Bonchev–Trinajstić information content (AvgIpc) is 2.80. The molecule has 0 fully saturated rings. The van der Waals surface area contributed by atoms with Crippen LogP contribution in [0.3, 0.4) is 0 Å². The van der Waals surface area contributed by atoms with Crippen molar-refractivity contribution in [3.05, 3.63) is 51.0 Å². The molecule has 2 heterocycles. The molecule has 2 nitrogen and oxygen atoms in total. The van der Waals surface area contributed by atoms with E-state index in [1.165, 1.54) is 16.7 Å². The van der Waals surface area contributed by atoms with Gasteiger partial charge in [-0.25, -0.2) is 0 Å². The molecule has 102 valence electrons. The zero-order valence-corrected chi connectivity index (χ0v) is 13.0. The molecule has 0 spiro atoms. The number of hydrogen-bond donors (Lipinski definition) is 1. The van der Waals surface area contributed by atoms with Crippen molar-refractivity contribution in [2.75, 3.05) is 6.54 Å². The highest BCUT2D eigenvalue weighted by atomic mass is 32.1. The number of hydrogen-bond acceptors (Lipinski definition) is 3. The van der Waals surface area contributed by atoms with Gasteiger partial charge < -0.3 is 5.32 Å². The topological polar surface area (TPSA) is 24.9 Å². The molecule has 1 N–H and O–H groups in total. The molecule has 0 saturated carbocycles. The second-order valence-corrected chi connectivity index (χ2v) is 5.92. The Hall–Kier alpha value is -1.19. The number of thiophene rings is 1. The van der Waals surface area contributed by atoms with Gasteiger partial charge in [0.2, 0.25) is 0 Å². The lowest BCUT2D eigenvalue weighted by atomic mass is 10.0. The van der Waals surface area contributed by atoms with Gasteiger partial charge >= 0.3 is 0 Å². The summed E-state index contributed by atoms with van der Waals surface area (Å²) < 4.78 is 0. The highest BCUT2D eigenvalue weighted by Crippen LogP contribution is 2.21. The smallest absolute Gasteiger partial charge is 0.0426 e. The van der Waals surface area contributed by atoms with Crippen LogP contribution in [0.1, 0.15) is 41.0 Å². The molecule has 1 atom stereocenters. The van der Waals surface area contributed by atoms with E-state index in [0.717, 1.165) is 24.4 Å². The molecule has 0 saturated heterocycles. The molecule has 0 amide bonds. The predicted molar refractivity (Wildman–Crippen MR) is 82.9 cm³/mol. The van der Waals surface area contributed by atoms with Crippen molar-refractivity contribution in [2.45, 2.75) is 40.2 Å². The van der Waals surface area contributed by atoms with E-state index in [-0.39, 0.29) is 0 Å². The van der Waals surface area contributed by atoms with Crippen molar-refractivity contribution in [1.29, 1.82) is 0 Å². The third-order valence-corrected chi connectivity index (χ3v) is 4.19. The van der Waals surface area contributed by atoms with Gasteiger partial charge in [0.25, 0.3) is 0 Å². The molecule has 2 rings (SSSR count). The van der Waals surface area contributed by atoms with Gasteiger partial charge in [0.1, 0.15) is 0 Å². The molecule has 3 heteroatoms. The van der Waals surface area contributed by atoms with Gasteiger partial charge in [0.05, 0.1) is 0 Å². The van der Waals surface area contributed by atoms with Crippen LogP contribution in [0.25, 0.3) is 0 Å². The van der Waals surface area contributed by atoms with Crippen LogP contribution < -0.4 is 5.32 Å². The molecule has 19 heavy (non-hydrogen) atoms. The van der Waals surface area contributed by atoms with Gasteiger partial charge in [-0.2, -0.15) is 11.3 Å². The van der Waals surface area contributed by atoms with Gasteiger partial charge in [0.15, 0.2) is 0 Å². The monoisotopic (exact) mass is 274 g/mol. The van der Waals surface area contributed by atoms with E-state index >= 15 is 0 Å². The van der Waals surface area contributed by atoms with E-state index in [2.05, 4.69) is 60.9 Å². The molecule has 0 aromatic carbocycles. The van der Waals surface area contributed by atoms with Crippen molar-refractivity contribution in [3.8, 4) is 0 Å². The molecular weight excluding hydrogens is 252 g/mol. The fourth-order valence-electron chi connectivity index (χ4n) is 2.66. The quantitative estimate of drug-likeness (QED) is 0.892. The Morgan fingerprint density at radius 1 is 1.32 bits per heavy atom. The van der Waals surface area contributed by atoms with E-state index in [1.54, 1.807) is 11.3 Å². The van der Waals surface area contributed by atoms with Gasteiger partial charge in [-0.05, 0) is 80.2 Å². The second kappa shape index (κ2) is 6.31. The SMILES string of the molecule is Cc1cc(C)c(C(C)NCCc2ccsc2)c(C)n1.